The van der Waals surface area contributed by atoms with E-state index in [-0.39, 0.29) is 6.04 Å². The van der Waals surface area contributed by atoms with Crippen LogP contribution in [0.5, 0.6) is 0 Å². The molecule has 0 aromatic carbocycles. The molecule has 3 rings (SSSR count). The fraction of sp³-hybridized carbons (Fsp3) is 0.455. The van der Waals surface area contributed by atoms with Crippen LogP contribution in [0.3, 0.4) is 0 Å². The van der Waals surface area contributed by atoms with Crippen LogP contribution in [-0.4, -0.2) is 25.2 Å². The molecule has 2 aromatic heterocycles. The van der Waals surface area contributed by atoms with Crippen LogP contribution in [0.15, 0.2) is 28.5 Å². The van der Waals surface area contributed by atoms with Gasteiger partial charge in [-0.05, 0) is 53.6 Å². The van der Waals surface area contributed by atoms with Crippen LogP contribution in [0.4, 0.5) is 0 Å². The van der Waals surface area contributed by atoms with Gasteiger partial charge in [0, 0.05) is 12.2 Å². The predicted molar refractivity (Wildman–Crippen MR) is 67.1 cm³/mol. The van der Waals surface area contributed by atoms with Crippen LogP contribution in [0.1, 0.15) is 37.4 Å². The SMILES string of the molecule is C[C@@H](N)c1ccc(Sc2nnnn2C2CC2)nc1. The second-order valence-corrected chi connectivity index (χ2v) is 5.45. The summed E-state index contributed by atoms with van der Waals surface area (Å²) < 4.78 is 1.88. The van der Waals surface area contributed by atoms with Gasteiger partial charge in [0.1, 0.15) is 5.03 Å². The molecule has 2 N–H and O–H groups in total. The first-order chi connectivity index (χ1) is 8.74. The second-order valence-electron chi connectivity index (χ2n) is 4.46. The van der Waals surface area contributed by atoms with Crippen molar-refractivity contribution in [2.45, 2.75) is 42.0 Å². The van der Waals surface area contributed by atoms with Crippen molar-refractivity contribution in [2.75, 3.05) is 0 Å². The smallest absolute Gasteiger partial charge is 0.215 e. The molecule has 6 nitrogen and oxygen atoms in total. The highest BCUT2D eigenvalue weighted by atomic mass is 32.2. The van der Waals surface area contributed by atoms with E-state index >= 15 is 0 Å². The maximum Gasteiger partial charge on any atom is 0.215 e. The second kappa shape index (κ2) is 4.66. The maximum absolute atomic E-state index is 5.79. The normalized spacial score (nSPS) is 16.8. The highest BCUT2D eigenvalue weighted by Crippen LogP contribution is 2.37. The van der Waals surface area contributed by atoms with E-state index in [2.05, 4.69) is 20.5 Å². The summed E-state index contributed by atoms with van der Waals surface area (Å²) in [6.45, 7) is 1.94. The van der Waals surface area contributed by atoms with E-state index in [0.717, 1.165) is 28.6 Å². The molecule has 1 aliphatic carbocycles. The largest absolute Gasteiger partial charge is 0.324 e. The van der Waals surface area contributed by atoms with Crippen LogP contribution in [0, 0.1) is 0 Å². The van der Waals surface area contributed by atoms with Gasteiger partial charge in [-0.25, -0.2) is 9.67 Å². The van der Waals surface area contributed by atoms with E-state index < -0.39 is 0 Å². The maximum atomic E-state index is 5.79. The average molecular weight is 262 g/mol. The predicted octanol–water partition coefficient (Wildman–Crippen LogP) is 1.57. The zero-order valence-corrected chi connectivity index (χ0v) is 10.8. The Morgan fingerprint density at radius 2 is 2.28 bits per heavy atom. The summed E-state index contributed by atoms with van der Waals surface area (Å²) in [5.74, 6) is 0. The lowest BCUT2D eigenvalue weighted by molar-refractivity contribution is 0.565. The Balaban J connectivity index is 1.77. The average Bonchev–Trinajstić information content (AvgIpc) is 3.11. The number of hydrogen-bond donors (Lipinski definition) is 1. The summed E-state index contributed by atoms with van der Waals surface area (Å²) in [4.78, 5) is 4.37. The van der Waals surface area contributed by atoms with Gasteiger partial charge in [0.05, 0.1) is 6.04 Å². The lowest BCUT2D eigenvalue weighted by atomic mass is 10.2. The fourth-order valence-corrected chi connectivity index (χ4v) is 2.40. The van der Waals surface area contributed by atoms with Crippen molar-refractivity contribution >= 4 is 11.8 Å². The molecule has 7 heteroatoms. The van der Waals surface area contributed by atoms with Gasteiger partial charge in [-0.1, -0.05) is 6.07 Å². The number of nitrogens with two attached hydrogens (primary N) is 1. The summed E-state index contributed by atoms with van der Waals surface area (Å²) in [5, 5.41) is 13.4. The summed E-state index contributed by atoms with van der Waals surface area (Å²) in [7, 11) is 0. The standard InChI is InChI=1S/C11H14N6S/c1-7(12)8-2-5-10(13-6-8)18-11-14-15-16-17(11)9-3-4-9/h2,5-7,9H,3-4,12H2,1H3/t7-/m1/s1. The quantitative estimate of drug-likeness (QED) is 0.900. The molecule has 94 valence electrons. The van der Waals surface area contributed by atoms with Crippen molar-refractivity contribution in [3.63, 3.8) is 0 Å². The summed E-state index contributed by atoms with van der Waals surface area (Å²) in [6.07, 6.45) is 4.13. The third-order valence-electron chi connectivity index (χ3n) is 2.84. The van der Waals surface area contributed by atoms with Crippen LogP contribution in [0.2, 0.25) is 0 Å². The molecule has 18 heavy (non-hydrogen) atoms. The molecule has 1 saturated carbocycles. The molecule has 1 atom stereocenters. The molecule has 1 fully saturated rings. The summed E-state index contributed by atoms with van der Waals surface area (Å²) in [5.41, 5.74) is 6.82. The van der Waals surface area contributed by atoms with Gasteiger partial charge in [0.15, 0.2) is 0 Å². The van der Waals surface area contributed by atoms with E-state index in [1.54, 1.807) is 6.20 Å². The fourth-order valence-electron chi connectivity index (χ4n) is 1.62. The van der Waals surface area contributed by atoms with Crippen molar-refractivity contribution in [1.29, 1.82) is 0 Å². The Morgan fingerprint density at radius 3 is 2.89 bits per heavy atom. The van der Waals surface area contributed by atoms with Crippen LogP contribution in [0.25, 0.3) is 0 Å². The van der Waals surface area contributed by atoms with Crippen LogP contribution < -0.4 is 5.73 Å². The van der Waals surface area contributed by atoms with Crippen molar-refractivity contribution in [3.05, 3.63) is 23.9 Å². The first-order valence-corrected chi connectivity index (χ1v) is 6.73. The van der Waals surface area contributed by atoms with Crippen molar-refractivity contribution < 1.29 is 0 Å². The van der Waals surface area contributed by atoms with Crippen molar-refractivity contribution in [3.8, 4) is 0 Å². The van der Waals surface area contributed by atoms with E-state index in [4.69, 9.17) is 5.73 Å². The van der Waals surface area contributed by atoms with E-state index in [1.165, 1.54) is 11.8 Å². The monoisotopic (exact) mass is 262 g/mol. The lowest BCUT2D eigenvalue weighted by Gasteiger charge is -2.05. The molecule has 2 heterocycles. The minimum absolute atomic E-state index is 0.00772. The van der Waals surface area contributed by atoms with Crippen LogP contribution in [-0.2, 0) is 0 Å². The van der Waals surface area contributed by atoms with Gasteiger partial charge >= 0.3 is 0 Å². The molecule has 2 aromatic rings. The molecular formula is C11H14N6S. The molecule has 0 bridgehead atoms. The highest BCUT2D eigenvalue weighted by molar-refractivity contribution is 7.99. The molecule has 0 radical (unpaired) electrons. The van der Waals surface area contributed by atoms with Crippen LogP contribution >= 0.6 is 11.8 Å². The zero-order chi connectivity index (χ0) is 12.5. The number of aromatic nitrogens is 5. The first-order valence-electron chi connectivity index (χ1n) is 5.91. The number of hydrogen-bond acceptors (Lipinski definition) is 6. The lowest BCUT2D eigenvalue weighted by Crippen LogP contribution is -2.05. The Hall–Kier alpha value is -1.47. The Labute approximate surface area is 109 Å². The van der Waals surface area contributed by atoms with E-state index in [9.17, 15) is 0 Å². The Morgan fingerprint density at radius 1 is 1.44 bits per heavy atom. The van der Waals surface area contributed by atoms with Gasteiger partial charge in [-0.15, -0.1) is 5.10 Å². The van der Waals surface area contributed by atoms with Crippen molar-refractivity contribution in [1.82, 2.24) is 25.2 Å². The number of nitrogens with zero attached hydrogens (tertiary/aromatic N) is 5. The number of pyridine rings is 1. The van der Waals surface area contributed by atoms with Gasteiger partial charge in [-0.3, -0.25) is 0 Å². The Kier molecular flexibility index (Phi) is 3.00. The molecular weight excluding hydrogens is 248 g/mol. The molecule has 0 saturated heterocycles. The summed E-state index contributed by atoms with van der Waals surface area (Å²) >= 11 is 1.48. The van der Waals surface area contributed by atoms with Gasteiger partial charge in [0.2, 0.25) is 5.16 Å². The molecule has 1 aliphatic rings. The topological polar surface area (TPSA) is 82.5 Å². The van der Waals surface area contributed by atoms with E-state index in [1.807, 2.05) is 23.7 Å². The Bertz CT molecular complexity index is 531. The third kappa shape index (κ3) is 2.37. The molecule has 0 amide bonds. The minimum Gasteiger partial charge on any atom is -0.324 e. The van der Waals surface area contributed by atoms with Gasteiger partial charge in [0.25, 0.3) is 0 Å². The number of rotatable bonds is 4. The van der Waals surface area contributed by atoms with E-state index in [0.29, 0.717) is 6.04 Å². The minimum atomic E-state index is 0.00772. The van der Waals surface area contributed by atoms with Gasteiger partial charge < -0.3 is 5.73 Å². The third-order valence-corrected chi connectivity index (χ3v) is 3.74. The molecule has 0 aliphatic heterocycles. The zero-order valence-electron chi connectivity index (χ0n) is 10.0. The summed E-state index contributed by atoms with van der Waals surface area (Å²) in [6, 6.07) is 4.43. The first kappa shape index (κ1) is 11.6. The van der Waals surface area contributed by atoms with Gasteiger partial charge in [-0.2, -0.15) is 0 Å². The van der Waals surface area contributed by atoms with Crippen molar-refractivity contribution in [2.24, 2.45) is 5.73 Å². The molecule has 0 unspecified atom stereocenters. The molecule has 0 spiro atoms. The highest BCUT2D eigenvalue weighted by Gasteiger charge is 2.28. The number of tetrazole rings is 1.